The highest BCUT2D eigenvalue weighted by Crippen LogP contribution is 2.17. The third-order valence-corrected chi connectivity index (χ3v) is 3.48. The number of hydrogen-bond acceptors (Lipinski definition) is 5. The fourth-order valence-electron chi connectivity index (χ4n) is 2.25. The van der Waals surface area contributed by atoms with E-state index in [2.05, 4.69) is 20.6 Å². The first-order chi connectivity index (χ1) is 10.7. The molecule has 2 heterocycles. The SMILES string of the molecule is CNC1C=CNC(C)=C1C=NCc1cc(C)c(OCF)cn1. The molecule has 1 atom stereocenters. The van der Waals surface area contributed by atoms with Crippen LogP contribution in [0.2, 0.25) is 0 Å². The van der Waals surface area contributed by atoms with Crippen molar-refractivity contribution in [2.75, 3.05) is 13.9 Å². The van der Waals surface area contributed by atoms with Crippen LogP contribution in [0.25, 0.3) is 0 Å². The zero-order valence-corrected chi connectivity index (χ0v) is 13.1. The second-order valence-corrected chi connectivity index (χ2v) is 5.01. The number of nitrogens with zero attached hydrogens (tertiary/aromatic N) is 2. The molecule has 0 saturated carbocycles. The zero-order chi connectivity index (χ0) is 15.9. The van der Waals surface area contributed by atoms with Crippen molar-refractivity contribution in [3.63, 3.8) is 0 Å². The van der Waals surface area contributed by atoms with Crippen LogP contribution in [-0.4, -0.2) is 31.1 Å². The van der Waals surface area contributed by atoms with Gasteiger partial charge in [-0.1, -0.05) is 0 Å². The molecule has 118 valence electrons. The van der Waals surface area contributed by atoms with E-state index in [0.29, 0.717) is 12.3 Å². The van der Waals surface area contributed by atoms with E-state index in [0.717, 1.165) is 22.5 Å². The summed E-state index contributed by atoms with van der Waals surface area (Å²) < 4.78 is 17.0. The minimum absolute atomic E-state index is 0.153. The summed E-state index contributed by atoms with van der Waals surface area (Å²) in [6, 6.07) is 2.01. The van der Waals surface area contributed by atoms with Gasteiger partial charge in [-0.2, -0.15) is 0 Å². The molecule has 2 rings (SSSR count). The smallest absolute Gasteiger partial charge is 0.228 e. The Morgan fingerprint density at radius 2 is 2.32 bits per heavy atom. The molecule has 0 radical (unpaired) electrons. The molecular weight excluding hydrogens is 283 g/mol. The van der Waals surface area contributed by atoms with Gasteiger partial charge < -0.3 is 15.4 Å². The van der Waals surface area contributed by atoms with Crippen LogP contribution in [0.3, 0.4) is 0 Å². The van der Waals surface area contributed by atoms with Gasteiger partial charge in [-0.05, 0) is 44.8 Å². The second kappa shape index (κ2) is 7.70. The quantitative estimate of drug-likeness (QED) is 0.791. The van der Waals surface area contributed by atoms with Crippen LogP contribution in [0.15, 0.2) is 40.8 Å². The predicted octanol–water partition coefficient (Wildman–Crippen LogP) is 2.25. The van der Waals surface area contributed by atoms with Gasteiger partial charge in [0.25, 0.3) is 0 Å². The van der Waals surface area contributed by atoms with E-state index in [1.807, 2.05) is 45.5 Å². The molecule has 1 aliphatic heterocycles. The average molecular weight is 304 g/mol. The van der Waals surface area contributed by atoms with Crippen molar-refractivity contribution < 1.29 is 9.13 Å². The minimum atomic E-state index is -0.848. The summed E-state index contributed by atoms with van der Waals surface area (Å²) in [6.07, 6.45) is 7.35. The third kappa shape index (κ3) is 3.92. The Kier molecular flexibility index (Phi) is 5.66. The van der Waals surface area contributed by atoms with E-state index in [-0.39, 0.29) is 6.04 Å². The molecule has 1 aliphatic rings. The van der Waals surface area contributed by atoms with Gasteiger partial charge in [0.15, 0.2) is 0 Å². The fraction of sp³-hybridized carbons (Fsp3) is 0.375. The van der Waals surface area contributed by atoms with Crippen molar-refractivity contribution in [3.8, 4) is 5.75 Å². The number of hydrogen-bond donors (Lipinski definition) is 2. The van der Waals surface area contributed by atoms with Crippen molar-refractivity contribution in [2.45, 2.75) is 26.4 Å². The van der Waals surface area contributed by atoms with Gasteiger partial charge in [0.05, 0.1) is 24.5 Å². The van der Waals surface area contributed by atoms with E-state index < -0.39 is 6.86 Å². The standard InChI is InChI=1S/C16H21FN4O/c1-11-6-13(21-9-16(11)22-10-17)7-19-8-14-12(2)20-5-4-15(14)18-3/h4-6,8-9,15,18,20H,7,10H2,1-3H3. The molecule has 1 aromatic heterocycles. The molecule has 5 nitrogen and oxygen atoms in total. The molecule has 1 aromatic rings. The maximum Gasteiger partial charge on any atom is 0.228 e. The number of aromatic nitrogens is 1. The fourth-order valence-corrected chi connectivity index (χ4v) is 2.25. The molecule has 0 spiro atoms. The van der Waals surface area contributed by atoms with Gasteiger partial charge in [-0.15, -0.1) is 0 Å². The Hall–Kier alpha value is -2.21. The van der Waals surface area contributed by atoms with E-state index in [4.69, 9.17) is 4.74 Å². The molecule has 0 aromatic carbocycles. The lowest BCUT2D eigenvalue weighted by molar-refractivity contribution is 0.190. The molecule has 0 amide bonds. The van der Waals surface area contributed by atoms with Crippen LogP contribution in [0.5, 0.6) is 5.75 Å². The Bertz CT molecular complexity index is 610. The Balaban J connectivity index is 2.04. The van der Waals surface area contributed by atoms with Crippen LogP contribution in [0, 0.1) is 6.92 Å². The first-order valence-electron chi connectivity index (χ1n) is 7.11. The lowest BCUT2D eigenvalue weighted by Gasteiger charge is -2.20. The molecule has 0 fully saturated rings. The molecule has 6 heteroatoms. The number of likely N-dealkylation sites (N-methyl/N-ethyl adjacent to an activating group) is 1. The van der Waals surface area contributed by atoms with Crippen molar-refractivity contribution in [3.05, 3.63) is 47.1 Å². The maximum atomic E-state index is 12.2. The van der Waals surface area contributed by atoms with E-state index in [1.54, 1.807) is 0 Å². The van der Waals surface area contributed by atoms with Crippen molar-refractivity contribution in [1.29, 1.82) is 0 Å². The Morgan fingerprint density at radius 1 is 1.50 bits per heavy atom. The number of dihydropyridines is 1. The number of rotatable bonds is 6. The van der Waals surface area contributed by atoms with Crippen LogP contribution in [0.1, 0.15) is 18.2 Å². The van der Waals surface area contributed by atoms with Gasteiger partial charge in [-0.25, -0.2) is 4.39 Å². The van der Waals surface area contributed by atoms with E-state index in [1.165, 1.54) is 6.20 Å². The molecule has 2 N–H and O–H groups in total. The van der Waals surface area contributed by atoms with Gasteiger partial charge in [-0.3, -0.25) is 9.98 Å². The number of allylic oxidation sites excluding steroid dienone is 1. The van der Waals surface area contributed by atoms with Gasteiger partial charge in [0.1, 0.15) is 5.75 Å². The van der Waals surface area contributed by atoms with Gasteiger partial charge in [0, 0.05) is 17.5 Å². The van der Waals surface area contributed by atoms with Crippen molar-refractivity contribution >= 4 is 6.21 Å². The number of ether oxygens (including phenoxy) is 1. The lowest BCUT2D eigenvalue weighted by atomic mass is 10.0. The summed E-state index contributed by atoms with van der Waals surface area (Å²) in [7, 11) is 1.91. The van der Waals surface area contributed by atoms with Gasteiger partial charge in [0.2, 0.25) is 6.86 Å². The molecule has 0 bridgehead atoms. The van der Waals surface area contributed by atoms with Crippen LogP contribution in [0.4, 0.5) is 4.39 Å². The molecule has 0 saturated heterocycles. The number of alkyl halides is 1. The topological polar surface area (TPSA) is 58.5 Å². The monoisotopic (exact) mass is 304 g/mol. The third-order valence-electron chi connectivity index (χ3n) is 3.48. The molecule has 1 unspecified atom stereocenters. The Morgan fingerprint density at radius 3 is 3.00 bits per heavy atom. The number of aliphatic imine (C=N–C) groups is 1. The summed E-state index contributed by atoms with van der Waals surface area (Å²) >= 11 is 0. The summed E-state index contributed by atoms with van der Waals surface area (Å²) in [6.45, 7) is 3.49. The highest BCUT2D eigenvalue weighted by molar-refractivity contribution is 5.82. The first-order valence-corrected chi connectivity index (χ1v) is 7.11. The summed E-state index contributed by atoms with van der Waals surface area (Å²) in [4.78, 5) is 8.69. The van der Waals surface area contributed by atoms with E-state index >= 15 is 0 Å². The summed E-state index contributed by atoms with van der Waals surface area (Å²) in [5.41, 5.74) is 3.84. The van der Waals surface area contributed by atoms with Crippen LogP contribution < -0.4 is 15.4 Å². The first kappa shape index (κ1) is 16.2. The van der Waals surface area contributed by atoms with E-state index in [9.17, 15) is 4.39 Å². The average Bonchev–Trinajstić information content (AvgIpc) is 2.51. The zero-order valence-electron chi connectivity index (χ0n) is 13.1. The van der Waals surface area contributed by atoms with Gasteiger partial charge >= 0.3 is 0 Å². The maximum absolute atomic E-state index is 12.2. The number of pyridine rings is 1. The Labute approximate surface area is 130 Å². The normalized spacial score (nSPS) is 17.9. The number of halogens is 1. The van der Waals surface area contributed by atoms with Crippen molar-refractivity contribution in [2.24, 2.45) is 4.99 Å². The molecule has 0 aliphatic carbocycles. The highest BCUT2D eigenvalue weighted by atomic mass is 19.1. The highest BCUT2D eigenvalue weighted by Gasteiger charge is 2.13. The molecule has 22 heavy (non-hydrogen) atoms. The van der Waals surface area contributed by atoms with Crippen molar-refractivity contribution in [1.82, 2.24) is 15.6 Å². The summed E-state index contributed by atoms with van der Waals surface area (Å²) in [5.74, 6) is 0.464. The molecular formula is C16H21FN4O. The second-order valence-electron chi connectivity index (χ2n) is 5.01. The number of aryl methyl sites for hydroxylation is 1. The predicted molar refractivity (Wildman–Crippen MR) is 85.6 cm³/mol. The largest absolute Gasteiger partial charge is 0.461 e. The summed E-state index contributed by atoms with van der Waals surface area (Å²) in [5, 5.41) is 6.40. The lowest BCUT2D eigenvalue weighted by Crippen LogP contribution is -2.31. The van der Waals surface area contributed by atoms with Crippen LogP contribution in [-0.2, 0) is 6.54 Å². The minimum Gasteiger partial charge on any atom is -0.461 e. The van der Waals surface area contributed by atoms with Crippen LogP contribution >= 0.6 is 0 Å². The number of nitrogens with one attached hydrogen (secondary N) is 2.